The highest BCUT2D eigenvalue weighted by Crippen LogP contribution is 2.46. The molecular weight excluding hydrogens is 420 g/mol. The van der Waals surface area contributed by atoms with Crippen molar-refractivity contribution in [3.05, 3.63) is 35.6 Å². The van der Waals surface area contributed by atoms with E-state index in [4.69, 9.17) is 0 Å². The van der Waals surface area contributed by atoms with Gasteiger partial charge in [0.25, 0.3) is 0 Å². The molecule has 1 unspecified atom stereocenters. The van der Waals surface area contributed by atoms with E-state index in [9.17, 15) is 9.50 Å². The van der Waals surface area contributed by atoms with Gasteiger partial charge in [-0.15, -0.1) is 24.0 Å². The summed E-state index contributed by atoms with van der Waals surface area (Å²) in [5, 5.41) is 13.5. The molecule has 0 bridgehead atoms. The van der Waals surface area contributed by atoms with Gasteiger partial charge < -0.3 is 15.3 Å². The molecule has 2 rings (SSSR count). The number of aliphatic imine (C=N–C) groups is 1. The standard InChI is InChI=1S/C18H28FN3O.HI/c1-6-20-16(22-12-17(2,3)18(22,4)5)21-11-15(23)13-9-7-8-10-14(13)19;/h7-10,15,23H,6,11-12H2,1-5H3,(H,20,21);1H. The summed E-state index contributed by atoms with van der Waals surface area (Å²) in [6.45, 7) is 12.7. The first-order valence-corrected chi connectivity index (χ1v) is 8.19. The monoisotopic (exact) mass is 449 g/mol. The van der Waals surface area contributed by atoms with Crippen LogP contribution in [0.15, 0.2) is 29.3 Å². The zero-order chi connectivity index (χ0) is 17.3. The first-order valence-electron chi connectivity index (χ1n) is 8.19. The lowest BCUT2D eigenvalue weighted by molar-refractivity contribution is -0.0668. The maximum Gasteiger partial charge on any atom is 0.194 e. The summed E-state index contributed by atoms with van der Waals surface area (Å²) in [5.74, 6) is 0.373. The van der Waals surface area contributed by atoms with Crippen LogP contribution in [0.3, 0.4) is 0 Å². The summed E-state index contributed by atoms with van der Waals surface area (Å²) in [6.07, 6.45) is -0.942. The van der Waals surface area contributed by atoms with Gasteiger partial charge in [0.15, 0.2) is 5.96 Å². The van der Waals surface area contributed by atoms with Gasteiger partial charge >= 0.3 is 0 Å². The van der Waals surface area contributed by atoms with Crippen molar-refractivity contribution in [2.75, 3.05) is 19.6 Å². The highest BCUT2D eigenvalue weighted by Gasteiger charge is 2.53. The summed E-state index contributed by atoms with van der Waals surface area (Å²) in [5.41, 5.74) is 0.472. The van der Waals surface area contributed by atoms with E-state index >= 15 is 0 Å². The van der Waals surface area contributed by atoms with Crippen LogP contribution < -0.4 is 5.32 Å². The molecule has 0 spiro atoms. The topological polar surface area (TPSA) is 47.9 Å². The Morgan fingerprint density at radius 2 is 1.96 bits per heavy atom. The van der Waals surface area contributed by atoms with Gasteiger partial charge in [-0.1, -0.05) is 32.0 Å². The van der Waals surface area contributed by atoms with E-state index in [1.165, 1.54) is 6.07 Å². The van der Waals surface area contributed by atoms with Crippen LogP contribution in [-0.2, 0) is 0 Å². The Kier molecular flexibility index (Phi) is 7.04. The number of nitrogens with zero attached hydrogens (tertiary/aromatic N) is 2. The number of nitrogens with one attached hydrogen (secondary N) is 1. The second kappa shape index (κ2) is 7.99. The smallest absolute Gasteiger partial charge is 0.194 e. The van der Waals surface area contributed by atoms with Gasteiger partial charge in [-0.05, 0) is 26.8 Å². The molecule has 1 aromatic carbocycles. The predicted molar refractivity (Wildman–Crippen MR) is 107 cm³/mol. The van der Waals surface area contributed by atoms with Crippen LogP contribution in [0.5, 0.6) is 0 Å². The van der Waals surface area contributed by atoms with E-state index in [0.717, 1.165) is 19.0 Å². The molecule has 1 aliphatic rings. The third-order valence-corrected chi connectivity index (χ3v) is 5.15. The minimum absolute atomic E-state index is 0. The number of aliphatic hydroxyl groups is 1. The molecular formula is C18H29FIN3O. The highest BCUT2D eigenvalue weighted by molar-refractivity contribution is 14.0. The summed E-state index contributed by atoms with van der Waals surface area (Å²) >= 11 is 0. The Morgan fingerprint density at radius 1 is 1.33 bits per heavy atom. The molecule has 2 N–H and O–H groups in total. The van der Waals surface area contributed by atoms with Gasteiger partial charge in [-0.2, -0.15) is 0 Å². The minimum Gasteiger partial charge on any atom is -0.386 e. The lowest BCUT2D eigenvalue weighted by Crippen LogP contribution is -2.72. The van der Waals surface area contributed by atoms with Crippen molar-refractivity contribution < 1.29 is 9.50 Å². The van der Waals surface area contributed by atoms with E-state index in [0.29, 0.717) is 0 Å². The van der Waals surface area contributed by atoms with Crippen molar-refractivity contribution in [3.8, 4) is 0 Å². The third-order valence-electron chi connectivity index (χ3n) is 5.15. The van der Waals surface area contributed by atoms with Crippen LogP contribution in [-0.4, -0.2) is 41.1 Å². The summed E-state index contributed by atoms with van der Waals surface area (Å²) in [4.78, 5) is 6.74. The fourth-order valence-electron chi connectivity index (χ4n) is 2.81. The van der Waals surface area contributed by atoms with Crippen LogP contribution in [0.25, 0.3) is 0 Å². The molecule has 1 atom stereocenters. The molecule has 0 aromatic heterocycles. The molecule has 1 aromatic rings. The van der Waals surface area contributed by atoms with E-state index in [-0.39, 0.29) is 47.0 Å². The average Bonchev–Trinajstić information content (AvgIpc) is 2.49. The predicted octanol–water partition coefficient (Wildman–Crippen LogP) is 3.56. The van der Waals surface area contributed by atoms with Crippen LogP contribution in [0.4, 0.5) is 4.39 Å². The third kappa shape index (κ3) is 4.02. The van der Waals surface area contributed by atoms with Gasteiger partial charge in [-0.25, -0.2) is 4.39 Å². The molecule has 0 radical (unpaired) electrons. The quantitative estimate of drug-likeness (QED) is 0.420. The fourth-order valence-corrected chi connectivity index (χ4v) is 2.81. The molecule has 0 amide bonds. The van der Waals surface area contributed by atoms with Crippen molar-refractivity contribution >= 4 is 29.9 Å². The minimum atomic E-state index is -0.942. The highest BCUT2D eigenvalue weighted by atomic mass is 127. The van der Waals surface area contributed by atoms with E-state index in [2.05, 4.69) is 42.9 Å². The lowest BCUT2D eigenvalue weighted by Gasteiger charge is -2.62. The molecule has 4 nitrogen and oxygen atoms in total. The van der Waals surface area contributed by atoms with Gasteiger partial charge in [-0.3, -0.25) is 4.99 Å². The molecule has 1 aliphatic heterocycles. The second-order valence-corrected chi connectivity index (χ2v) is 7.26. The van der Waals surface area contributed by atoms with Crippen LogP contribution in [0, 0.1) is 11.2 Å². The largest absolute Gasteiger partial charge is 0.386 e. The average molecular weight is 449 g/mol. The second-order valence-electron chi connectivity index (χ2n) is 7.26. The number of aliphatic hydroxyl groups excluding tert-OH is 1. The Labute approximate surface area is 161 Å². The first-order chi connectivity index (χ1) is 10.7. The number of rotatable bonds is 4. The number of hydrogen-bond donors (Lipinski definition) is 2. The molecule has 0 aliphatic carbocycles. The fraction of sp³-hybridized carbons (Fsp3) is 0.611. The number of likely N-dealkylation sites (tertiary alicyclic amines) is 1. The number of benzene rings is 1. The van der Waals surface area contributed by atoms with Crippen molar-refractivity contribution in [1.29, 1.82) is 0 Å². The maximum atomic E-state index is 13.7. The summed E-state index contributed by atoms with van der Waals surface area (Å²) < 4.78 is 13.7. The maximum absolute atomic E-state index is 13.7. The zero-order valence-electron chi connectivity index (χ0n) is 15.1. The van der Waals surface area contributed by atoms with Crippen LogP contribution in [0.1, 0.15) is 46.3 Å². The summed E-state index contributed by atoms with van der Waals surface area (Å²) in [7, 11) is 0. The van der Waals surface area contributed by atoms with Crippen molar-refractivity contribution in [2.45, 2.75) is 46.3 Å². The van der Waals surface area contributed by atoms with Crippen molar-refractivity contribution in [3.63, 3.8) is 0 Å². The Morgan fingerprint density at radius 3 is 2.46 bits per heavy atom. The molecule has 1 heterocycles. The van der Waals surface area contributed by atoms with Crippen molar-refractivity contribution in [2.24, 2.45) is 10.4 Å². The van der Waals surface area contributed by atoms with Crippen LogP contribution in [0.2, 0.25) is 0 Å². The molecule has 6 heteroatoms. The van der Waals surface area contributed by atoms with E-state index in [1.807, 2.05) is 6.92 Å². The van der Waals surface area contributed by atoms with Gasteiger partial charge in [0.1, 0.15) is 11.9 Å². The van der Waals surface area contributed by atoms with Gasteiger partial charge in [0.05, 0.1) is 6.54 Å². The number of guanidine groups is 1. The molecule has 0 saturated carbocycles. The number of hydrogen-bond acceptors (Lipinski definition) is 2. The van der Waals surface area contributed by atoms with Crippen LogP contribution >= 0.6 is 24.0 Å². The van der Waals surface area contributed by atoms with Gasteiger partial charge in [0.2, 0.25) is 0 Å². The van der Waals surface area contributed by atoms with E-state index in [1.54, 1.807) is 18.2 Å². The summed E-state index contributed by atoms with van der Waals surface area (Å²) in [6, 6.07) is 6.29. The van der Waals surface area contributed by atoms with Crippen molar-refractivity contribution in [1.82, 2.24) is 10.2 Å². The molecule has 1 saturated heterocycles. The number of halogens is 2. The van der Waals surface area contributed by atoms with E-state index < -0.39 is 11.9 Å². The van der Waals surface area contributed by atoms with Gasteiger partial charge in [0, 0.05) is 29.6 Å². The SMILES string of the molecule is CCNC(=NCC(O)c1ccccc1F)N1CC(C)(C)C1(C)C.I. The normalized spacial score (nSPS) is 20.0. The Bertz CT molecular complexity index is 589. The lowest BCUT2D eigenvalue weighted by atomic mass is 9.65. The molecule has 136 valence electrons. The Balaban J connectivity index is 0.00000288. The Hall–Kier alpha value is -0.890. The molecule has 1 fully saturated rings. The zero-order valence-corrected chi connectivity index (χ0v) is 17.5. The first kappa shape index (κ1) is 21.2. The molecule has 24 heavy (non-hydrogen) atoms.